The second-order valence-corrected chi connectivity index (χ2v) is 8.24. The van der Waals surface area contributed by atoms with Gasteiger partial charge in [0.15, 0.2) is 0 Å². The average molecular weight is 419 g/mol. The number of aryl methyl sites for hydroxylation is 1. The third kappa shape index (κ3) is 3.59. The number of H-pyrrole nitrogens is 1. The Balaban J connectivity index is 1.84. The molecule has 160 valence electrons. The Labute approximate surface area is 172 Å². The van der Waals surface area contributed by atoms with E-state index in [9.17, 15) is 22.8 Å². The first-order valence-corrected chi connectivity index (χ1v) is 10.2. The van der Waals surface area contributed by atoms with E-state index in [1.54, 1.807) is 17.9 Å². The number of hydrogen-bond acceptors (Lipinski definition) is 3. The van der Waals surface area contributed by atoms with E-state index >= 15 is 0 Å². The molecule has 1 fully saturated rings. The van der Waals surface area contributed by atoms with Gasteiger partial charge in [-0.1, -0.05) is 19.8 Å². The number of nitrogens with one attached hydrogen (secondary N) is 1. The zero-order chi connectivity index (χ0) is 21.6. The third-order valence-corrected chi connectivity index (χ3v) is 6.25. The number of amides is 1. The Morgan fingerprint density at radius 1 is 1.03 bits per heavy atom. The van der Waals surface area contributed by atoms with Gasteiger partial charge in [0.1, 0.15) is 0 Å². The van der Waals surface area contributed by atoms with E-state index in [0.29, 0.717) is 23.0 Å². The van der Waals surface area contributed by atoms with Gasteiger partial charge in [-0.2, -0.15) is 13.2 Å². The van der Waals surface area contributed by atoms with Crippen molar-refractivity contribution in [3.05, 3.63) is 57.5 Å². The van der Waals surface area contributed by atoms with Crippen molar-refractivity contribution in [3.8, 4) is 0 Å². The van der Waals surface area contributed by atoms with Crippen LogP contribution in [0.1, 0.15) is 54.2 Å². The summed E-state index contributed by atoms with van der Waals surface area (Å²) < 4.78 is 40.2. The van der Waals surface area contributed by atoms with Crippen LogP contribution in [0.3, 0.4) is 0 Å². The zero-order valence-electron chi connectivity index (χ0n) is 16.9. The van der Waals surface area contributed by atoms with E-state index in [1.165, 1.54) is 12.1 Å². The highest BCUT2D eigenvalue weighted by molar-refractivity contribution is 6.12. The molecule has 2 heterocycles. The Kier molecular flexibility index (Phi) is 5.11. The lowest BCUT2D eigenvalue weighted by atomic mass is 9.84. The number of carbonyl (C=O) groups is 1. The number of benzene rings is 1. The number of aromatic amines is 1. The first-order chi connectivity index (χ1) is 14.2. The van der Waals surface area contributed by atoms with Crippen LogP contribution in [0.5, 0.6) is 0 Å². The summed E-state index contributed by atoms with van der Waals surface area (Å²) in [7, 11) is 0. The van der Waals surface area contributed by atoms with Gasteiger partial charge < -0.3 is 9.88 Å². The first kappa shape index (κ1) is 20.5. The van der Waals surface area contributed by atoms with E-state index in [4.69, 9.17) is 0 Å². The van der Waals surface area contributed by atoms with Crippen molar-refractivity contribution in [1.29, 1.82) is 0 Å². The first-order valence-electron chi connectivity index (χ1n) is 10.2. The SMILES string of the molecule is Cc1[nH]c(=O)ccc1N1CN([C@@H]2CCCC[C@@H]2C)c2cc(C(F)(F)F)ccc2C1=O. The van der Waals surface area contributed by atoms with Crippen LogP contribution in [0.4, 0.5) is 24.5 Å². The lowest BCUT2D eigenvalue weighted by Gasteiger charge is -2.46. The number of fused-ring (bicyclic) bond motifs is 1. The fourth-order valence-electron chi connectivity index (χ4n) is 4.66. The van der Waals surface area contributed by atoms with Crippen molar-refractivity contribution in [1.82, 2.24) is 4.98 Å². The van der Waals surface area contributed by atoms with E-state index in [-0.39, 0.29) is 29.7 Å². The van der Waals surface area contributed by atoms with Gasteiger partial charge in [-0.15, -0.1) is 0 Å². The van der Waals surface area contributed by atoms with Crippen LogP contribution < -0.4 is 15.4 Å². The van der Waals surface area contributed by atoms with E-state index in [2.05, 4.69) is 11.9 Å². The number of aromatic nitrogens is 1. The molecule has 8 heteroatoms. The van der Waals surface area contributed by atoms with Crippen LogP contribution in [-0.2, 0) is 6.18 Å². The predicted octanol–water partition coefficient (Wildman–Crippen LogP) is 4.71. The van der Waals surface area contributed by atoms with Crippen molar-refractivity contribution in [2.24, 2.45) is 5.92 Å². The number of hydrogen-bond donors (Lipinski definition) is 1. The number of halogens is 3. The summed E-state index contributed by atoms with van der Waals surface area (Å²) in [6.45, 7) is 3.97. The summed E-state index contributed by atoms with van der Waals surface area (Å²) in [5, 5.41) is 0. The minimum absolute atomic E-state index is 0.0413. The minimum atomic E-state index is -4.48. The molecule has 0 bridgehead atoms. The molecular weight excluding hydrogens is 395 g/mol. The van der Waals surface area contributed by atoms with Gasteiger partial charge in [-0.3, -0.25) is 14.5 Å². The highest BCUT2D eigenvalue weighted by atomic mass is 19.4. The summed E-state index contributed by atoms with van der Waals surface area (Å²) in [6.07, 6.45) is -0.507. The molecule has 1 aromatic heterocycles. The van der Waals surface area contributed by atoms with Gasteiger partial charge in [-0.25, -0.2) is 0 Å². The lowest BCUT2D eigenvalue weighted by molar-refractivity contribution is -0.137. The van der Waals surface area contributed by atoms with Gasteiger partial charge in [0, 0.05) is 17.8 Å². The molecule has 2 atom stereocenters. The van der Waals surface area contributed by atoms with Crippen LogP contribution in [0, 0.1) is 12.8 Å². The van der Waals surface area contributed by atoms with Crippen molar-refractivity contribution >= 4 is 17.3 Å². The smallest absolute Gasteiger partial charge is 0.349 e. The summed E-state index contributed by atoms with van der Waals surface area (Å²) >= 11 is 0. The zero-order valence-corrected chi connectivity index (χ0v) is 16.9. The fourth-order valence-corrected chi connectivity index (χ4v) is 4.66. The topological polar surface area (TPSA) is 56.4 Å². The van der Waals surface area contributed by atoms with Crippen molar-refractivity contribution in [3.63, 3.8) is 0 Å². The molecule has 5 nitrogen and oxygen atoms in total. The van der Waals surface area contributed by atoms with Crippen molar-refractivity contribution < 1.29 is 18.0 Å². The molecule has 1 aliphatic heterocycles. The van der Waals surface area contributed by atoms with E-state index in [1.807, 2.05) is 4.90 Å². The highest BCUT2D eigenvalue weighted by Crippen LogP contribution is 2.40. The number of carbonyl (C=O) groups excluding carboxylic acids is 1. The van der Waals surface area contributed by atoms with Crippen LogP contribution in [0.15, 0.2) is 35.1 Å². The molecule has 0 radical (unpaired) electrons. The molecule has 30 heavy (non-hydrogen) atoms. The average Bonchev–Trinajstić information content (AvgIpc) is 2.69. The lowest BCUT2D eigenvalue weighted by Crippen LogP contribution is -2.53. The molecule has 0 unspecified atom stereocenters. The quantitative estimate of drug-likeness (QED) is 0.767. The van der Waals surface area contributed by atoms with Crippen LogP contribution in [0.2, 0.25) is 0 Å². The largest absolute Gasteiger partial charge is 0.416 e. The standard InChI is InChI=1S/C22H24F3N3O2/c1-13-5-3-4-6-17(13)27-12-28(18-9-10-20(29)26-14(18)2)21(30)16-8-7-15(11-19(16)27)22(23,24)25/h7-11,13,17H,3-6,12H2,1-2H3,(H,26,29)/t13-,17+/m0/s1. The maximum atomic E-state index is 13.4. The van der Waals surface area contributed by atoms with Gasteiger partial charge in [0.25, 0.3) is 5.91 Å². The molecule has 1 aromatic carbocycles. The predicted molar refractivity (Wildman–Crippen MR) is 109 cm³/mol. The summed E-state index contributed by atoms with van der Waals surface area (Å²) in [6, 6.07) is 6.32. The molecular formula is C22H24F3N3O2. The molecule has 2 aromatic rings. The molecule has 1 aliphatic carbocycles. The number of nitrogens with zero attached hydrogens (tertiary/aromatic N) is 2. The Hall–Kier alpha value is -2.77. The van der Waals surface area contributed by atoms with Crippen molar-refractivity contribution in [2.45, 2.75) is 51.7 Å². The molecule has 2 aliphatic rings. The third-order valence-electron chi connectivity index (χ3n) is 6.25. The Morgan fingerprint density at radius 2 is 1.77 bits per heavy atom. The normalized spacial score (nSPS) is 22.2. The molecule has 0 spiro atoms. The van der Waals surface area contributed by atoms with E-state index in [0.717, 1.165) is 37.8 Å². The maximum Gasteiger partial charge on any atom is 0.416 e. The number of rotatable bonds is 2. The number of alkyl halides is 3. The van der Waals surface area contributed by atoms with Crippen LogP contribution >= 0.6 is 0 Å². The highest BCUT2D eigenvalue weighted by Gasteiger charge is 2.39. The van der Waals surface area contributed by atoms with Crippen LogP contribution in [0.25, 0.3) is 0 Å². The second kappa shape index (κ2) is 7.49. The minimum Gasteiger partial charge on any atom is -0.349 e. The number of anilines is 2. The summed E-state index contributed by atoms with van der Waals surface area (Å²) in [5.41, 5.74) is 0.663. The van der Waals surface area contributed by atoms with Gasteiger partial charge in [0.05, 0.1) is 29.2 Å². The van der Waals surface area contributed by atoms with Crippen LogP contribution in [-0.4, -0.2) is 23.6 Å². The van der Waals surface area contributed by atoms with Gasteiger partial charge >= 0.3 is 6.18 Å². The summed E-state index contributed by atoms with van der Waals surface area (Å²) in [5.74, 6) is -0.0681. The van der Waals surface area contributed by atoms with E-state index < -0.39 is 11.7 Å². The molecule has 1 amide bonds. The monoisotopic (exact) mass is 419 g/mol. The maximum absolute atomic E-state index is 13.4. The molecule has 1 saturated carbocycles. The second-order valence-electron chi connectivity index (χ2n) is 8.24. The fraction of sp³-hybridized carbons (Fsp3) is 0.455. The molecule has 1 N–H and O–H groups in total. The van der Waals surface area contributed by atoms with Gasteiger partial charge in [0.2, 0.25) is 5.56 Å². The molecule has 4 rings (SSSR count). The van der Waals surface area contributed by atoms with Gasteiger partial charge in [-0.05, 0) is 49.9 Å². The Morgan fingerprint density at radius 3 is 2.43 bits per heavy atom. The van der Waals surface area contributed by atoms with Crippen molar-refractivity contribution in [2.75, 3.05) is 16.5 Å². The number of pyridine rings is 1. The Bertz CT molecular complexity index is 1030. The molecule has 0 saturated heterocycles. The summed E-state index contributed by atoms with van der Waals surface area (Å²) in [4.78, 5) is 31.1.